The second kappa shape index (κ2) is 6.89. The highest BCUT2D eigenvalue weighted by molar-refractivity contribution is 5.95. The van der Waals surface area contributed by atoms with Crippen LogP contribution in [0.3, 0.4) is 0 Å². The molecule has 0 fully saturated rings. The summed E-state index contributed by atoms with van der Waals surface area (Å²) in [7, 11) is 0. The van der Waals surface area contributed by atoms with E-state index in [0.717, 1.165) is 22.2 Å². The average Bonchev–Trinajstić information content (AvgIpc) is 3.11. The van der Waals surface area contributed by atoms with E-state index in [1.165, 1.54) is 11.1 Å². The Balaban J connectivity index is 1.67. The Kier molecular flexibility index (Phi) is 4.27. The number of fused-ring (bicyclic) bond motifs is 1. The van der Waals surface area contributed by atoms with Crippen LogP contribution in [0, 0.1) is 25.2 Å². The van der Waals surface area contributed by atoms with Crippen LogP contribution in [0.25, 0.3) is 10.9 Å². The molecule has 0 aliphatic carbocycles. The van der Waals surface area contributed by atoms with Crippen LogP contribution in [0.1, 0.15) is 22.4 Å². The quantitative estimate of drug-likeness (QED) is 0.597. The molecule has 132 valence electrons. The van der Waals surface area contributed by atoms with Gasteiger partial charge < -0.3 is 5.32 Å². The van der Waals surface area contributed by atoms with Crippen LogP contribution >= 0.6 is 0 Å². The van der Waals surface area contributed by atoms with Crippen molar-refractivity contribution in [2.24, 2.45) is 0 Å². The average molecular weight is 354 g/mol. The highest BCUT2D eigenvalue weighted by Gasteiger charge is 2.12. The molecule has 2 aromatic heterocycles. The molecule has 0 saturated carbocycles. The van der Waals surface area contributed by atoms with Crippen molar-refractivity contribution in [2.45, 2.75) is 20.4 Å². The molecule has 0 saturated heterocycles. The van der Waals surface area contributed by atoms with Crippen LogP contribution < -0.4 is 5.32 Å². The van der Waals surface area contributed by atoms with Crippen molar-refractivity contribution in [3.05, 3.63) is 77.2 Å². The van der Waals surface area contributed by atoms with Gasteiger partial charge in [0, 0.05) is 11.6 Å². The number of aryl methyl sites for hydroxylation is 2. The largest absolute Gasteiger partial charge is 0.350 e. The zero-order valence-electron chi connectivity index (χ0n) is 15.1. The van der Waals surface area contributed by atoms with E-state index < -0.39 is 0 Å². The van der Waals surface area contributed by atoms with Gasteiger partial charge in [-0.2, -0.15) is 10.4 Å². The van der Waals surface area contributed by atoms with Gasteiger partial charge in [-0.15, -0.1) is 10.2 Å². The smallest absolute Gasteiger partial charge is 0.187 e. The summed E-state index contributed by atoms with van der Waals surface area (Å²) in [5.74, 6) is 0. The third-order valence-corrected chi connectivity index (χ3v) is 4.52. The van der Waals surface area contributed by atoms with Crippen molar-refractivity contribution in [3.8, 4) is 6.07 Å². The number of hydrogen-bond acceptors (Lipinski definition) is 5. The lowest BCUT2D eigenvalue weighted by atomic mass is 10.1. The predicted molar refractivity (Wildman–Crippen MR) is 105 cm³/mol. The number of nitriles is 1. The first-order valence-corrected chi connectivity index (χ1v) is 8.65. The maximum atomic E-state index is 9.44. The van der Waals surface area contributed by atoms with Gasteiger partial charge in [0.1, 0.15) is 6.07 Å². The van der Waals surface area contributed by atoms with Crippen molar-refractivity contribution in [2.75, 3.05) is 5.32 Å². The van der Waals surface area contributed by atoms with Crippen LogP contribution in [-0.4, -0.2) is 20.0 Å². The van der Waals surface area contributed by atoms with Gasteiger partial charge >= 0.3 is 0 Å². The van der Waals surface area contributed by atoms with E-state index in [2.05, 4.69) is 45.7 Å². The fourth-order valence-electron chi connectivity index (χ4n) is 3.04. The molecule has 0 aliphatic rings. The normalized spacial score (nSPS) is 10.7. The summed E-state index contributed by atoms with van der Waals surface area (Å²) >= 11 is 0. The number of nitrogens with zero attached hydrogens (tertiary/aromatic N) is 5. The van der Waals surface area contributed by atoms with Crippen molar-refractivity contribution in [1.29, 1.82) is 5.26 Å². The molecule has 0 aliphatic heterocycles. The Morgan fingerprint density at radius 2 is 1.96 bits per heavy atom. The standard InChI is InChI=1S/C21H18N6/c1-14-7-8-19-18(9-14)21(20(10-22)26-25-19)24-17-11-23-27(13-17)12-16-6-4-3-5-15(16)2/h3-9,11,13H,12H2,1-2H3,(H,24,25). The molecule has 6 heteroatoms. The fourth-order valence-corrected chi connectivity index (χ4v) is 3.04. The van der Waals surface area contributed by atoms with E-state index in [0.29, 0.717) is 12.2 Å². The lowest BCUT2D eigenvalue weighted by Gasteiger charge is -2.09. The highest BCUT2D eigenvalue weighted by atomic mass is 15.3. The molecular formula is C21H18N6. The van der Waals surface area contributed by atoms with Gasteiger partial charge in [-0.05, 0) is 37.1 Å². The minimum atomic E-state index is 0.264. The van der Waals surface area contributed by atoms with Gasteiger partial charge in [0.15, 0.2) is 5.69 Å². The monoisotopic (exact) mass is 354 g/mol. The van der Waals surface area contributed by atoms with Crippen molar-refractivity contribution < 1.29 is 0 Å². The number of aromatic nitrogens is 4. The zero-order chi connectivity index (χ0) is 18.8. The number of anilines is 2. The minimum Gasteiger partial charge on any atom is -0.350 e. The summed E-state index contributed by atoms with van der Waals surface area (Å²) < 4.78 is 1.87. The lowest BCUT2D eigenvalue weighted by molar-refractivity contribution is 0.684. The van der Waals surface area contributed by atoms with Crippen LogP contribution in [0.15, 0.2) is 54.9 Å². The molecule has 4 aromatic rings. The molecular weight excluding hydrogens is 336 g/mol. The van der Waals surface area contributed by atoms with Crippen LogP contribution in [-0.2, 0) is 6.54 Å². The number of rotatable bonds is 4. The van der Waals surface area contributed by atoms with E-state index in [9.17, 15) is 5.26 Å². The number of hydrogen-bond donors (Lipinski definition) is 1. The summed E-state index contributed by atoms with van der Waals surface area (Å²) in [5.41, 5.74) is 6.01. The number of benzene rings is 2. The fraction of sp³-hybridized carbons (Fsp3) is 0.143. The van der Waals surface area contributed by atoms with E-state index in [1.54, 1.807) is 6.20 Å². The molecule has 0 radical (unpaired) electrons. The summed E-state index contributed by atoms with van der Waals surface area (Å²) in [6.45, 7) is 4.79. The highest BCUT2D eigenvalue weighted by Crippen LogP contribution is 2.28. The first-order valence-electron chi connectivity index (χ1n) is 8.65. The Bertz CT molecular complexity index is 1170. The summed E-state index contributed by atoms with van der Waals surface area (Å²) in [6.07, 6.45) is 3.68. The van der Waals surface area contributed by atoms with Crippen LogP contribution in [0.5, 0.6) is 0 Å². The second-order valence-electron chi connectivity index (χ2n) is 6.53. The maximum absolute atomic E-state index is 9.44. The topological polar surface area (TPSA) is 79.4 Å². The van der Waals surface area contributed by atoms with Gasteiger partial charge in [-0.1, -0.05) is 35.9 Å². The Morgan fingerprint density at radius 3 is 2.78 bits per heavy atom. The van der Waals surface area contributed by atoms with Gasteiger partial charge in [0.25, 0.3) is 0 Å². The van der Waals surface area contributed by atoms with Crippen LogP contribution in [0.4, 0.5) is 11.4 Å². The Morgan fingerprint density at radius 1 is 1.11 bits per heavy atom. The molecule has 6 nitrogen and oxygen atoms in total. The summed E-state index contributed by atoms with van der Waals surface area (Å²) in [5, 5.41) is 26.2. The van der Waals surface area contributed by atoms with Crippen LogP contribution in [0.2, 0.25) is 0 Å². The third-order valence-electron chi connectivity index (χ3n) is 4.52. The molecule has 2 aromatic carbocycles. The SMILES string of the molecule is Cc1ccc2nnc(C#N)c(Nc3cnn(Cc4ccccc4C)c3)c2c1. The first-order chi connectivity index (χ1) is 13.1. The van der Waals surface area contributed by atoms with Gasteiger partial charge in [-0.25, -0.2) is 0 Å². The molecule has 1 N–H and O–H groups in total. The van der Waals surface area contributed by atoms with Gasteiger partial charge in [-0.3, -0.25) is 4.68 Å². The molecule has 2 heterocycles. The molecule has 0 amide bonds. The molecule has 0 atom stereocenters. The third kappa shape index (κ3) is 3.35. The predicted octanol–water partition coefficient (Wildman–Crippen LogP) is 4.11. The molecule has 4 rings (SSSR count). The molecule has 0 unspecified atom stereocenters. The number of nitrogens with one attached hydrogen (secondary N) is 1. The lowest BCUT2D eigenvalue weighted by Crippen LogP contribution is -2.02. The molecule has 0 spiro atoms. The molecule has 0 bridgehead atoms. The van der Waals surface area contributed by atoms with Crippen molar-refractivity contribution in [3.63, 3.8) is 0 Å². The first kappa shape index (κ1) is 16.7. The minimum absolute atomic E-state index is 0.264. The summed E-state index contributed by atoms with van der Waals surface area (Å²) in [4.78, 5) is 0. The van der Waals surface area contributed by atoms with Crippen molar-refractivity contribution >= 4 is 22.3 Å². The molecule has 27 heavy (non-hydrogen) atoms. The van der Waals surface area contributed by atoms with Crippen molar-refractivity contribution in [1.82, 2.24) is 20.0 Å². The van der Waals surface area contributed by atoms with Gasteiger partial charge in [0.05, 0.1) is 29.6 Å². The van der Waals surface area contributed by atoms with E-state index in [1.807, 2.05) is 48.1 Å². The Hall–Kier alpha value is -3.72. The Labute approximate surface area is 157 Å². The van der Waals surface area contributed by atoms with E-state index in [-0.39, 0.29) is 5.69 Å². The van der Waals surface area contributed by atoms with Gasteiger partial charge in [0.2, 0.25) is 0 Å². The van der Waals surface area contributed by atoms with E-state index in [4.69, 9.17) is 0 Å². The second-order valence-corrected chi connectivity index (χ2v) is 6.53. The summed E-state index contributed by atoms with van der Waals surface area (Å²) in [6, 6.07) is 16.3. The maximum Gasteiger partial charge on any atom is 0.187 e. The van der Waals surface area contributed by atoms with E-state index >= 15 is 0 Å². The zero-order valence-corrected chi connectivity index (χ0v) is 15.1.